The van der Waals surface area contributed by atoms with E-state index in [1.807, 2.05) is 45.0 Å². The van der Waals surface area contributed by atoms with Crippen LogP contribution in [0, 0.1) is 6.92 Å². The van der Waals surface area contributed by atoms with Gasteiger partial charge in [0.25, 0.3) is 5.91 Å². The van der Waals surface area contributed by atoms with Crippen molar-refractivity contribution in [1.82, 2.24) is 0 Å². The first-order valence-corrected chi connectivity index (χ1v) is 8.67. The number of carbonyl (C=O) groups excluding carboxylic acids is 1. The maximum absolute atomic E-state index is 12.4. The first-order chi connectivity index (χ1) is 11.8. The van der Waals surface area contributed by atoms with Crippen molar-refractivity contribution in [2.24, 2.45) is 0 Å². The second-order valence-electron chi connectivity index (χ2n) is 6.22. The van der Waals surface area contributed by atoms with E-state index in [4.69, 9.17) is 21.1 Å². The molecule has 0 aliphatic heterocycles. The summed E-state index contributed by atoms with van der Waals surface area (Å²) in [5.74, 6) is 0.433. The molecule has 0 aliphatic rings. The molecule has 0 fully saturated rings. The van der Waals surface area contributed by atoms with Crippen molar-refractivity contribution in [3.8, 4) is 5.75 Å². The van der Waals surface area contributed by atoms with E-state index in [0.717, 1.165) is 16.8 Å². The second kappa shape index (κ2) is 8.88. The molecule has 0 saturated heterocycles. The number of ether oxygens (including phenoxy) is 2. The van der Waals surface area contributed by atoms with Crippen molar-refractivity contribution in [2.75, 3.05) is 5.32 Å². The Hall–Kier alpha value is -2.04. The highest BCUT2D eigenvalue weighted by Crippen LogP contribution is 2.23. The Kier molecular flexibility index (Phi) is 6.85. The lowest BCUT2D eigenvalue weighted by Crippen LogP contribution is -2.30. The Morgan fingerprint density at radius 3 is 2.60 bits per heavy atom. The van der Waals surface area contributed by atoms with E-state index < -0.39 is 6.10 Å². The summed E-state index contributed by atoms with van der Waals surface area (Å²) in [6.07, 6.45) is -0.468. The zero-order chi connectivity index (χ0) is 18.4. The molecule has 0 saturated carbocycles. The summed E-state index contributed by atoms with van der Waals surface area (Å²) in [5.41, 5.74) is 2.62. The number of hydrogen-bond donors (Lipinski definition) is 1. The van der Waals surface area contributed by atoms with E-state index in [9.17, 15) is 4.79 Å². The SMILES string of the molecule is Cc1cc(Cl)ccc1OC(C)C(=O)Nc1cccc(COC(C)C)c1. The molecule has 0 bridgehead atoms. The smallest absolute Gasteiger partial charge is 0.265 e. The minimum atomic E-state index is -0.629. The number of nitrogens with one attached hydrogen (secondary N) is 1. The van der Waals surface area contributed by atoms with Crippen LogP contribution in [0.1, 0.15) is 31.9 Å². The molecule has 134 valence electrons. The standard InChI is InChI=1S/C20H24ClNO3/c1-13(2)24-12-16-6-5-7-18(11-16)22-20(23)15(4)25-19-9-8-17(21)10-14(19)3/h5-11,13,15H,12H2,1-4H3,(H,22,23). The Morgan fingerprint density at radius 1 is 1.16 bits per heavy atom. The van der Waals surface area contributed by atoms with Crippen molar-refractivity contribution in [1.29, 1.82) is 0 Å². The molecule has 25 heavy (non-hydrogen) atoms. The van der Waals surface area contributed by atoms with Crippen LogP contribution in [0.2, 0.25) is 5.02 Å². The molecule has 1 atom stereocenters. The fraction of sp³-hybridized carbons (Fsp3) is 0.350. The third-order valence-electron chi connectivity index (χ3n) is 3.59. The summed E-state index contributed by atoms with van der Waals surface area (Å²) in [6, 6.07) is 12.9. The predicted octanol–water partition coefficient (Wildman–Crippen LogP) is 4.98. The van der Waals surface area contributed by atoms with Crippen LogP contribution in [-0.4, -0.2) is 18.1 Å². The molecule has 0 radical (unpaired) electrons. The number of hydrogen-bond acceptors (Lipinski definition) is 3. The van der Waals surface area contributed by atoms with Gasteiger partial charge in [-0.2, -0.15) is 0 Å². The molecule has 0 aliphatic carbocycles. The lowest BCUT2D eigenvalue weighted by Gasteiger charge is -2.17. The van der Waals surface area contributed by atoms with E-state index in [1.54, 1.807) is 25.1 Å². The maximum Gasteiger partial charge on any atom is 0.265 e. The molecule has 1 unspecified atom stereocenters. The Morgan fingerprint density at radius 2 is 1.92 bits per heavy atom. The summed E-state index contributed by atoms with van der Waals surface area (Å²) >= 11 is 5.94. The first kappa shape index (κ1) is 19.3. The summed E-state index contributed by atoms with van der Waals surface area (Å²) in [7, 11) is 0. The third-order valence-corrected chi connectivity index (χ3v) is 3.82. The highest BCUT2D eigenvalue weighted by Gasteiger charge is 2.16. The van der Waals surface area contributed by atoms with Crippen LogP contribution in [-0.2, 0) is 16.1 Å². The molecule has 1 N–H and O–H groups in total. The van der Waals surface area contributed by atoms with Crippen molar-refractivity contribution >= 4 is 23.2 Å². The average molecular weight is 362 g/mol. The Balaban J connectivity index is 1.97. The fourth-order valence-corrected chi connectivity index (χ4v) is 2.46. The lowest BCUT2D eigenvalue weighted by molar-refractivity contribution is -0.122. The van der Waals surface area contributed by atoms with Crippen LogP contribution in [0.25, 0.3) is 0 Å². The van der Waals surface area contributed by atoms with Crippen molar-refractivity contribution in [3.63, 3.8) is 0 Å². The van der Waals surface area contributed by atoms with Gasteiger partial charge in [-0.05, 0) is 69.2 Å². The monoisotopic (exact) mass is 361 g/mol. The Bertz CT molecular complexity index is 731. The van der Waals surface area contributed by atoms with Crippen LogP contribution >= 0.6 is 11.6 Å². The van der Waals surface area contributed by atoms with Crippen molar-refractivity contribution < 1.29 is 14.3 Å². The number of carbonyl (C=O) groups is 1. The van der Waals surface area contributed by atoms with Gasteiger partial charge < -0.3 is 14.8 Å². The van der Waals surface area contributed by atoms with E-state index in [2.05, 4.69) is 5.32 Å². The molecule has 0 heterocycles. The largest absolute Gasteiger partial charge is 0.481 e. The van der Waals surface area contributed by atoms with Gasteiger partial charge >= 0.3 is 0 Å². The van der Waals surface area contributed by atoms with E-state index in [1.165, 1.54) is 0 Å². The highest BCUT2D eigenvalue weighted by atomic mass is 35.5. The molecule has 0 aromatic heterocycles. The Labute approximate surface area is 154 Å². The quantitative estimate of drug-likeness (QED) is 0.756. The number of amides is 1. The van der Waals surface area contributed by atoms with Gasteiger partial charge in [-0.15, -0.1) is 0 Å². The molecule has 0 spiro atoms. The maximum atomic E-state index is 12.4. The van der Waals surface area contributed by atoms with Gasteiger partial charge in [0, 0.05) is 10.7 Å². The number of benzene rings is 2. The summed E-state index contributed by atoms with van der Waals surface area (Å²) < 4.78 is 11.3. The van der Waals surface area contributed by atoms with Gasteiger partial charge in [0.05, 0.1) is 12.7 Å². The lowest BCUT2D eigenvalue weighted by atomic mass is 10.2. The third kappa shape index (κ3) is 6.07. The van der Waals surface area contributed by atoms with Crippen LogP contribution in [0.5, 0.6) is 5.75 Å². The number of halogens is 1. The predicted molar refractivity (Wildman–Crippen MR) is 101 cm³/mol. The molecular formula is C20H24ClNO3. The zero-order valence-corrected chi connectivity index (χ0v) is 15.8. The second-order valence-corrected chi connectivity index (χ2v) is 6.66. The fourth-order valence-electron chi connectivity index (χ4n) is 2.23. The summed E-state index contributed by atoms with van der Waals surface area (Å²) in [6.45, 7) is 8.10. The minimum absolute atomic E-state index is 0.161. The van der Waals surface area contributed by atoms with Crippen molar-refractivity contribution in [2.45, 2.75) is 46.5 Å². The van der Waals surface area contributed by atoms with Gasteiger partial charge in [0.1, 0.15) is 5.75 Å². The molecule has 2 rings (SSSR count). The molecule has 2 aromatic carbocycles. The van der Waals surface area contributed by atoms with Crippen LogP contribution in [0.3, 0.4) is 0 Å². The van der Waals surface area contributed by atoms with Gasteiger partial charge in [0.15, 0.2) is 6.10 Å². The van der Waals surface area contributed by atoms with Gasteiger partial charge in [-0.1, -0.05) is 23.7 Å². The molecule has 5 heteroatoms. The normalized spacial score (nSPS) is 12.1. The van der Waals surface area contributed by atoms with Crippen molar-refractivity contribution in [3.05, 3.63) is 58.6 Å². The minimum Gasteiger partial charge on any atom is -0.481 e. The van der Waals surface area contributed by atoms with Crippen LogP contribution < -0.4 is 10.1 Å². The first-order valence-electron chi connectivity index (χ1n) is 8.29. The summed E-state index contributed by atoms with van der Waals surface area (Å²) in [4.78, 5) is 12.4. The zero-order valence-electron chi connectivity index (χ0n) is 15.0. The van der Waals surface area contributed by atoms with E-state index in [-0.39, 0.29) is 12.0 Å². The molecule has 2 aromatic rings. The van der Waals surface area contributed by atoms with Crippen LogP contribution in [0.15, 0.2) is 42.5 Å². The van der Waals surface area contributed by atoms with E-state index in [0.29, 0.717) is 17.4 Å². The summed E-state index contributed by atoms with van der Waals surface area (Å²) in [5, 5.41) is 3.52. The molecular weight excluding hydrogens is 338 g/mol. The number of anilines is 1. The molecule has 1 amide bonds. The number of rotatable bonds is 7. The topological polar surface area (TPSA) is 47.6 Å². The molecule has 4 nitrogen and oxygen atoms in total. The number of aryl methyl sites for hydroxylation is 1. The van der Waals surface area contributed by atoms with Crippen LogP contribution in [0.4, 0.5) is 5.69 Å². The van der Waals surface area contributed by atoms with Gasteiger partial charge in [0.2, 0.25) is 0 Å². The van der Waals surface area contributed by atoms with Gasteiger partial charge in [-0.3, -0.25) is 4.79 Å². The van der Waals surface area contributed by atoms with Gasteiger partial charge in [-0.25, -0.2) is 0 Å². The highest BCUT2D eigenvalue weighted by molar-refractivity contribution is 6.30. The van der Waals surface area contributed by atoms with E-state index >= 15 is 0 Å². The average Bonchev–Trinajstić information content (AvgIpc) is 2.55.